The zero-order valence-corrected chi connectivity index (χ0v) is 8.68. The maximum absolute atomic E-state index is 3.62. The Balaban J connectivity index is 1.90. The van der Waals surface area contributed by atoms with Crippen LogP contribution in [0.5, 0.6) is 0 Å². The fourth-order valence-electron chi connectivity index (χ4n) is 2.96. The molecular formula is C11H22N2. The van der Waals surface area contributed by atoms with E-state index < -0.39 is 0 Å². The molecule has 0 radical (unpaired) electrons. The molecule has 1 aliphatic carbocycles. The van der Waals surface area contributed by atoms with Crippen LogP contribution in [0.3, 0.4) is 0 Å². The highest BCUT2D eigenvalue weighted by atomic mass is 15.2. The molecule has 2 atom stereocenters. The minimum atomic E-state index is 0.739. The average Bonchev–Trinajstić information content (AvgIpc) is 2.67. The van der Waals surface area contributed by atoms with Crippen molar-refractivity contribution in [1.82, 2.24) is 10.6 Å². The van der Waals surface area contributed by atoms with Gasteiger partial charge in [0.1, 0.15) is 0 Å². The fourth-order valence-corrected chi connectivity index (χ4v) is 2.96. The van der Waals surface area contributed by atoms with Gasteiger partial charge in [-0.1, -0.05) is 26.2 Å². The third-order valence-corrected chi connectivity index (χ3v) is 3.73. The molecule has 0 aromatic heterocycles. The normalized spacial score (nSPS) is 36.7. The lowest BCUT2D eigenvalue weighted by Gasteiger charge is -2.30. The molecule has 2 heteroatoms. The summed E-state index contributed by atoms with van der Waals surface area (Å²) in [5, 5.41) is 7.16. The van der Waals surface area contributed by atoms with Gasteiger partial charge in [0.05, 0.1) is 0 Å². The van der Waals surface area contributed by atoms with Crippen molar-refractivity contribution >= 4 is 0 Å². The van der Waals surface area contributed by atoms with Crippen LogP contribution in [0.4, 0.5) is 0 Å². The van der Waals surface area contributed by atoms with Gasteiger partial charge in [0.15, 0.2) is 0 Å². The van der Waals surface area contributed by atoms with Crippen molar-refractivity contribution in [3.8, 4) is 0 Å². The van der Waals surface area contributed by atoms with Crippen molar-refractivity contribution in [3.05, 3.63) is 0 Å². The first-order chi connectivity index (χ1) is 6.42. The second-order valence-electron chi connectivity index (χ2n) is 4.52. The molecule has 2 rings (SSSR count). The molecule has 2 aliphatic rings. The largest absolute Gasteiger partial charge is 0.300 e. The molecular weight excluding hydrogens is 160 g/mol. The summed E-state index contributed by atoms with van der Waals surface area (Å²) in [7, 11) is 0. The van der Waals surface area contributed by atoms with Crippen molar-refractivity contribution in [2.24, 2.45) is 5.92 Å². The Morgan fingerprint density at radius 2 is 1.85 bits per heavy atom. The molecule has 0 aromatic carbocycles. The van der Waals surface area contributed by atoms with Crippen LogP contribution >= 0.6 is 0 Å². The average molecular weight is 182 g/mol. The van der Waals surface area contributed by atoms with E-state index in [1.54, 1.807) is 0 Å². The van der Waals surface area contributed by atoms with Crippen molar-refractivity contribution in [3.63, 3.8) is 0 Å². The highest BCUT2D eigenvalue weighted by Crippen LogP contribution is 2.29. The van der Waals surface area contributed by atoms with Gasteiger partial charge in [-0.25, -0.2) is 0 Å². The van der Waals surface area contributed by atoms with Crippen molar-refractivity contribution < 1.29 is 0 Å². The van der Waals surface area contributed by atoms with Gasteiger partial charge < -0.3 is 5.32 Å². The molecule has 2 nitrogen and oxygen atoms in total. The van der Waals surface area contributed by atoms with Gasteiger partial charge in [-0.15, -0.1) is 0 Å². The lowest BCUT2D eigenvalue weighted by atomic mass is 9.81. The van der Waals surface area contributed by atoms with Crippen LogP contribution in [-0.2, 0) is 0 Å². The number of hydrogen-bond donors (Lipinski definition) is 2. The van der Waals surface area contributed by atoms with Crippen molar-refractivity contribution in [2.75, 3.05) is 6.67 Å². The lowest BCUT2D eigenvalue weighted by Crippen LogP contribution is -2.40. The van der Waals surface area contributed by atoms with Gasteiger partial charge in [0.2, 0.25) is 0 Å². The molecule has 76 valence electrons. The third-order valence-electron chi connectivity index (χ3n) is 3.73. The number of rotatable bonds is 2. The third kappa shape index (κ3) is 2.05. The number of nitrogens with one attached hydrogen (secondary N) is 2. The topological polar surface area (TPSA) is 24.1 Å². The van der Waals surface area contributed by atoms with Crippen LogP contribution in [0.2, 0.25) is 0 Å². The highest BCUT2D eigenvalue weighted by Gasteiger charge is 2.32. The Morgan fingerprint density at radius 3 is 2.54 bits per heavy atom. The van der Waals surface area contributed by atoms with Crippen LogP contribution in [-0.4, -0.2) is 18.8 Å². The van der Waals surface area contributed by atoms with E-state index in [2.05, 4.69) is 17.6 Å². The van der Waals surface area contributed by atoms with Crippen LogP contribution in [0.15, 0.2) is 0 Å². The molecule has 0 amide bonds. The molecule has 0 aromatic rings. The molecule has 1 saturated heterocycles. The van der Waals surface area contributed by atoms with E-state index >= 15 is 0 Å². The summed E-state index contributed by atoms with van der Waals surface area (Å²) in [5.41, 5.74) is 0. The molecule has 2 N–H and O–H groups in total. The quantitative estimate of drug-likeness (QED) is 0.681. The molecule has 2 unspecified atom stereocenters. The van der Waals surface area contributed by atoms with Gasteiger partial charge in [-0.2, -0.15) is 0 Å². The first-order valence-corrected chi connectivity index (χ1v) is 5.88. The molecule has 1 saturated carbocycles. The van der Waals surface area contributed by atoms with Crippen LogP contribution in [0, 0.1) is 5.92 Å². The van der Waals surface area contributed by atoms with E-state index in [0.29, 0.717) is 0 Å². The zero-order valence-electron chi connectivity index (χ0n) is 8.68. The zero-order chi connectivity index (χ0) is 9.10. The molecule has 2 fully saturated rings. The van der Waals surface area contributed by atoms with Crippen LogP contribution in [0.25, 0.3) is 0 Å². The van der Waals surface area contributed by atoms with Crippen molar-refractivity contribution in [1.29, 1.82) is 0 Å². The monoisotopic (exact) mass is 182 g/mol. The van der Waals surface area contributed by atoms with E-state index in [9.17, 15) is 0 Å². The van der Waals surface area contributed by atoms with Crippen LogP contribution in [0.1, 0.15) is 45.4 Å². The summed E-state index contributed by atoms with van der Waals surface area (Å²) in [4.78, 5) is 0. The molecule has 1 heterocycles. The Bertz CT molecular complexity index is 152. The Hall–Kier alpha value is -0.0800. The van der Waals surface area contributed by atoms with Crippen LogP contribution < -0.4 is 10.6 Å². The minimum absolute atomic E-state index is 0.739. The molecule has 0 bridgehead atoms. The highest BCUT2D eigenvalue weighted by molar-refractivity contribution is 4.92. The summed E-state index contributed by atoms with van der Waals surface area (Å²) < 4.78 is 0. The minimum Gasteiger partial charge on any atom is -0.300 e. The standard InChI is InChI=1S/C11H22N2/c1-2-10-11(13-8-12-10)9-6-4-3-5-7-9/h9-13H,2-8H2,1H3. The first-order valence-electron chi connectivity index (χ1n) is 5.88. The maximum Gasteiger partial charge on any atom is 0.0459 e. The predicted molar refractivity (Wildman–Crippen MR) is 55.6 cm³/mol. The summed E-state index contributed by atoms with van der Waals surface area (Å²) in [6.07, 6.45) is 8.56. The Morgan fingerprint density at radius 1 is 1.08 bits per heavy atom. The Kier molecular flexibility index (Phi) is 3.23. The first kappa shape index (κ1) is 9.47. The molecule has 1 aliphatic heterocycles. The number of hydrogen-bond acceptors (Lipinski definition) is 2. The van der Waals surface area contributed by atoms with E-state index in [0.717, 1.165) is 24.7 Å². The van der Waals surface area contributed by atoms with Gasteiger partial charge in [-0.3, -0.25) is 5.32 Å². The Labute approximate surface area is 81.5 Å². The molecule has 13 heavy (non-hydrogen) atoms. The second kappa shape index (κ2) is 4.43. The summed E-state index contributed by atoms with van der Waals surface area (Å²) in [6.45, 7) is 3.32. The van der Waals surface area contributed by atoms with E-state index in [1.807, 2.05) is 0 Å². The fraction of sp³-hybridized carbons (Fsp3) is 1.00. The van der Waals surface area contributed by atoms with E-state index in [4.69, 9.17) is 0 Å². The summed E-state index contributed by atoms with van der Waals surface area (Å²) in [5.74, 6) is 0.952. The smallest absolute Gasteiger partial charge is 0.0459 e. The van der Waals surface area contributed by atoms with Gasteiger partial charge in [-0.05, 0) is 25.2 Å². The second-order valence-corrected chi connectivity index (χ2v) is 4.52. The van der Waals surface area contributed by atoms with Crippen molar-refractivity contribution in [2.45, 2.75) is 57.5 Å². The predicted octanol–water partition coefficient (Wildman–Crippen LogP) is 1.86. The lowest BCUT2D eigenvalue weighted by molar-refractivity contribution is 0.266. The summed E-state index contributed by atoms with van der Waals surface area (Å²) >= 11 is 0. The molecule has 0 spiro atoms. The van der Waals surface area contributed by atoms with Gasteiger partial charge >= 0.3 is 0 Å². The van der Waals surface area contributed by atoms with E-state index in [1.165, 1.54) is 38.5 Å². The maximum atomic E-state index is 3.62. The summed E-state index contributed by atoms with van der Waals surface area (Å²) in [6, 6.07) is 1.51. The van der Waals surface area contributed by atoms with Gasteiger partial charge in [0.25, 0.3) is 0 Å². The van der Waals surface area contributed by atoms with E-state index in [-0.39, 0.29) is 0 Å². The van der Waals surface area contributed by atoms with Gasteiger partial charge in [0, 0.05) is 18.8 Å². The SMILES string of the molecule is CCC1NCNC1C1CCCCC1.